The van der Waals surface area contributed by atoms with Crippen LogP contribution in [0.3, 0.4) is 0 Å². The first-order valence-electron chi connectivity index (χ1n) is 6.24. The lowest BCUT2D eigenvalue weighted by Crippen LogP contribution is -2.15. The van der Waals surface area contributed by atoms with Gasteiger partial charge in [-0.3, -0.25) is 0 Å². The van der Waals surface area contributed by atoms with Gasteiger partial charge in [-0.05, 0) is 51.9 Å². The molecule has 1 unspecified atom stereocenters. The maximum Gasteiger partial charge on any atom is 0.162 e. The van der Waals surface area contributed by atoms with Crippen molar-refractivity contribution >= 4 is 45.8 Å². The highest BCUT2D eigenvalue weighted by Crippen LogP contribution is 2.42. The molecule has 3 rings (SSSR count). The molecule has 2 aromatic rings. The molecule has 1 heterocycles. The maximum atomic E-state index is 13.2. The molecule has 0 N–H and O–H groups in total. The van der Waals surface area contributed by atoms with Crippen LogP contribution in [0.5, 0.6) is 11.5 Å². The molecule has 6 heteroatoms. The molecule has 1 aliphatic heterocycles. The molecule has 0 spiro atoms. The number of hydrogen-bond donors (Lipinski definition) is 0. The maximum absolute atomic E-state index is 13.2. The molecular formula is C15H10Cl2FIO2. The number of halogens is 4. The molecule has 0 fully saturated rings. The van der Waals surface area contributed by atoms with Gasteiger partial charge in [0.25, 0.3) is 0 Å². The van der Waals surface area contributed by atoms with Crippen LogP contribution in [-0.2, 0) is 0 Å². The molecule has 0 saturated carbocycles. The molecule has 110 valence electrons. The molecule has 2 aromatic carbocycles. The van der Waals surface area contributed by atoms with Crippen molar-refractivity contribution < 1.29 is 13.9 Å². The Morgan fingerprint density at radius 2 is 1.71 bits per heavy atom. The van der Waals surface area contributed by atoms with Gasteiger partial charge in [0, 0.05) is 14.7 Å². The Bertz CT molecular complexity index is 694. The fourth-order valence-electron chi connectivity index (χ4n) is 2.15. The number of ether oxygens (including phenoxy) is 2. The van der Waals surface area contributed by atoms with Crippen molar-refractivity contribution in [3.05, 3.63) is 55.9 Å². The van der Waals surface area contributed by atoms with Gasteiger partial charge in [-0.15, -0.1) is 11.6 Å². The molecule has 0 saturated heterocycles. The highest BCUT2D eigenvalue weighted by Gasteiger charge is 2.22. The summed E-state index contributed by atoms with van der Waals surface area (Å²) in [6.07, 6.45) is 0. The monoisotopic (exact) mass is 438 g/mol. The van der Waals surface area contributed by atoms with E-state index in [-0.39, 0.29) is 5.82 Å². The van der Waals surface area contributed by atoms with E-state index in [1.807, 2.05) is 0 Å². The molecular weight excluding hydrogens is 429 g/mol. The molecule has 0 aliphatic carbocycles. The summed E-state index contributed by atoms with van der Waals surface area (Å²) in [4.78, 5) is 0. The van der Waals surface area contributed by atoms with Crippen molar-refractivity contribution in [3.8, 4) is 11.5 Å². The minimum Gasteiger partial charge on any atom is -0.486 e. The number of hydrogen-bond acceptors (Lipinski definition) is 2. The summed E-state index contributed by atoms with van der Waals surface area (Å²) in [6, 6.07) is 7.99. The Kier molecular flexibility index (Phi) is 4.47. The van der Waals surface area contributed by atoms with Crippen molar-refractivity contribution in [2.45, 2.75) is 5.38 Å². The average Bonchev–Trinajstić information content (AvgIpc) is 2.46. The van der Waals surface area contributed by atoms with Crippen LogP contribution in [0.4, 0.5) is 4.39 Å². The van der Waals surface area contributed by atoms with Gasteiger partial charge >= 0.3 is 0 Å². The number of rotatable bonds is 2. The van der Waals surface area contributed by atoms with Gasteiger partial charge in [-0.2, -0.15) is 0 Å². The SMILES string of the molecule is Fc1ccc(C(Cl)c2cc3c(cc2Cl)OCCO3)c(I)c1. The van der Waals surface area contributed by atoms with Gasteiger partial charge in [0.2, 0.25) is 0 Å². The third-order valence-electron chi connectivity index (χ3n) is 3.17. The van der Waals surface area contributed by atoms with E-state index in [0.29, 0.717) is 35.3 Å². The van der Waals surface area contributed by atoms with E-state index in [4.69, 9.17) is 32.7 Å². The number of fused-ring (bicyclic) bond motifs is 1. The Hall–Kier alpha value is -0.720. The van der Waals surface area contributed by atoms with E-state index >= 15 is 0 Å². The standard InChI is InChI=1S/C15H10Cl2FIO2/c16-11-7-14-13(20-3-4-21-14)6-10(11)15(17)9-2-1-8(18)5-12(9)19/h1-2,5-7,15H,3-4H2. The zero-order valence-corrected chi connectivity index (χ0v) is 14.4. The lowest BCUT2D eigenvalue weighted by atomic mass is 10.0. The van der Waals surface area contributed by atoms with Crippen LogP contribution in [0.15, 0.2) is 30.3 Å². The largest absolute Gasteiger partial charge is 0.486 e. The van der Waals surface area contributed by atoms with Crippen molar-refractivity contribution in [2.24, 2.45) is 0 Å². The smallest absolute Gasteiger partial charge is 0.162 e. The molecule has 0 radical (unpaired) electrons. The molecule has 1 atom stereocenters. The zero-order chi connectivity index (χ0) is 15.0. The molecule has 1 aliphatic rings. The summed E-state index contributed by atoms with van der Waals surface area (Å²) in [6.45, 7) is 0.998. The van der Waals surface area contributed by atoms with E-state index in [2.05, 4.69) is 22.6 Å². The van der Waals surface area contributed by atoms with Gasteiger partial charge in [-0.1, -0.05) is 17.7 Å². The van der Waals surface area contributed by atoms with E-state index in [1.165, 1.54) is 12.1 Å². The summed E-state index contributed by atoms with van der Waals surface area (Å²) in [5.74, 6) is 0.955. The summed E-state index contributed by atoms with van der Waals surface area (Å²) >= 11 is 14.9. The van der Waals surface area contributed by atoms with Crippen LogP contribution in [0.25, 0.3) is 0 Å². The lowest BCUT2D eigenvalue weighted by molar-refractivity contribution is 0.171. The van der Waals surface area contributed by atoms with Crippen LogP contribution in [0, 0.1) is 9.39 Å². The molecule has 0 aromatic heterocycles. The Morgan fingerprint density at radius 3 is 2.38 bits per heavy atom. The van der Waals surface area contributed by atoms with E-state index in [9.17, 15) is 4.39 Å². The molecule has 0 bridgehead atoms. The van der Waals surface area contributed by atoms with Crippen LogP contribution < -0.4 is 9.47 Å². The van der Waals surface area contributed by atoms with Crippen LogP contribution in [0.2, 0.25) is 5.02 Å². The third kappa shape index (κ3) is 3.07. The van der Waals surface area contributed by atoms with Gasteiger partial charge in [-0.25, -0.2) is 4.39 Å². The van der Waals surface area contributed by atoms with Crippen molar-refractivity contribution in [3.63, 3.8) is 0 Å². The third-order valence-corrected chi connectivity index (χ3v) is 4.90. The van der Waals surface area contributed by atoms with Crippen molar-refractivity contribution in [1.29, 1.82) is 0 Å². The van der Waals surface area contributed by atoms with Gasteiger partial charge in [0.05, 0.1) is 5.38 Å². The highest BCUT2D eigenvalue weighted by atomic mass is 127. The van der Waals surface area contributed by atoms with Crippen molar-refractivity contribution in [1.82, 2.24) is 0 Å². The Balaban J connectivity index is 2.03. The van der Waals surface area contributed by atoms with Crippen molar-refractivity contribution in [2.75, 3.05) is 13.2 Å². The quantitative estimate of drug-likeness (QED) is 0.475. The van der Waals surface area contributed by atoms with Gasteiger partial charge in [0.1, 0.15) is 19.0 Å². The first-order chi connectivity index (χ1) is 10.1. The second kappa shape index (κ2) is 6.18. The molecule has 0 amide bonds. The van der Waals surface area contributed by atoms with Crippen LogP contribution in [0.1, 0.15) is 16.5 Å². The number of benzene rings is 2. The van der Waals surface area contributed by atoms with E-state index < -0.39 is 5.38 Å². The zero-order valence-electron chi connectivity index (χ0n) is 10.7. The Labute approximate surface area is 145 Å². The van der Waals surface area contributed by atoms with Gasteiger partial charge < -0.3 is 9.47 Å². The molecule has 21 heavy (non-hydrogen) atoms. The second-order valence-corrected chi connectivity index (χ2v) is 6.55. The number of alkyl halides is 1. The molecule has 2 nitrogen and oxygen atoms in total. The van der Waals surface area contributed by atoms with E-state index in [0.717, 1.165) is 9.13 Å². The van der Waals surface area contributed by atoms with Crippen LogP contribution in [-0.4, -0.2) is 13.2 Å². The topological polar surface area (TPSA) is 18.5 Å². The fourth-order valence-corrected chi connectivity index (χ4v) is 3.81. The summed E-state index contributed by atoms with van der Waals surface area (Å²) in [5, 5.41) is 0.0141. The minimum atomic E-state index is -0.485. The minimum absolute atomic E-state index is 0.291. The second-order valence-electron chi connectivity index (χ2n) is 4.55. The normalized spacial score (nSPS) is 14.9. The summed E-state index contributed by atoms with van der Waals surface area (Å²) < 4.78 is 25.0. The Morgan fingerprint density at radius 1 is 1.05 bits per heavy atom. The average molecular weight is 439 g/mol. The summed E-state index contributed by atoms with van der Waals surface area (Å²) in [7, 11) is 0. The highest BCUT2D eigenvalue weighted by molar-refractivity contribution is 14.1. The first-order valence-corrected chi connectivity index (χ1v) is 8.13. The van der Waals surface area contributed by atoms with Crippen LogP contribution >= 0.6 is 45.8 Å². The fraction of sp³-hybridized carbons (Fsp3) is 0.200. The van der Waals surface area contributed by atoms with Gasteiger partial charge in [0.15, 0.2) is 11.5 Å². The lowest BCUT2D eigenvalue weighted by Gasteiger charge is -2.21. The predicted molar refractivity (Wildman–Crippen MR) is 89.3 cm³/mol. The predicted octanol–water partition coefficient (Wildman–Crippen LogP) is 5.18. The summed E-state index contributed by atoms with van der Waals surface area (Å²) in [5.41, 5.74) is 1.52. The first kappa shape index (κ1) is 15.2. The van der Waals surface area contributed by atoms with E-state index in [1.54, 1.807) is 18.2 Å².